The highest BCUT2D eigenvalue weighted by Crippen LogP contribution is 2.45. The molecule has 0 spiro atoms. The van der Waals surface area contributed by atoms with Gasteiger partial charge in [-0.15, -0.1) is 0 Å². The molecule has 0 N–H and O–H groups in total. The molecular formula is C51H32N2O. The monoisotopic (exact) mass is 688 g/mol. The molecule has 3 heteroatoms. The third-order valence-corrected chi connectivity index (χ3v) is 10.8. The van der Waals surface area contributed by atoms with Crippen LogP contribution in [0.2, 0.25) is 0 Å². The topological polar surface area (TPSA) is 29.3 Å². The lowest BCUT2D eigenvalue weighted by molar-refractivity contribution is 0.623. The first kappa shape index (κ1) is 30.4. The van der Waals surface area contributed by atoms with Crippen molar-refractivity contribution in [2.24, 2.45) is 0 Å². The number of aromatic nitrogens is 1. The van der Waals surface area contributed by atoms with E-state index in [0.717, 1.165) is 55.3 Å². The van der Waals surface area contributed by atoms with Crippen molar-refractivity contribution in [3.8, 4) is 22.6 Å². The van der Waals surface area contributed by atoms with Crippen molar-refractivity contribution < 1.29 is 4.42 Å². The summed E-state index contributed by atoms with van der Waals surface area (Å²) in [7, 11) is 0. The van der Waals surface area contributed by atoms with E-state index in [1.165, 1.54) is 43.4 Å². The Labute approximate surface area is 312 Å². The molecule has 0 unspecified atom stereocenters. The van der Waals surface area contributed by atoms with Crippen LogP contribution in [0.1, 0.15) is 0 Å². The Bertz CT molecular complexity index is 3210. The average Bonchev–Trinajstić information content (AvgIpc) is 3.69. The summed E-state index contributed by atoms with van der Waals surface area (Å²) in [6, 6.07) is 69.4. The smallest absolute Gasteiger partial charge is 0.227 e. The number of hydrogen-bond acceptors (Lipinski definition) is 3. The molecule has 1 heterocycles. The fourth-order valence-corrected chi connectivity index (χ4v) is 8.29. The van der Waals surface area contributed by atoms with Crippen LogP contribution in [0.25, 0.3) is 87.5 Å². The van der Waals surface area contributed by atoms with Crippen molar-refractivity contribution in [2.75, 3.05) is 4.90 Å². The quantitative estimate of drug-likeness (QED) is 0.169. The lowest BCUT2D eigenvalue weighted by Crippen LogP contribution is -2.09. The Morgan fingerprint density at radius 1 is 0.370 bits per heavy atom. The molecule has 0 aliphatic heterocycles. The second kappa shape index (κ2) is 12.2. The zero-order valence-electron chi connectivity index (χ0n) is 29.3. The molecule has 0 atom stereocenters. The second-order valence-electron chi connectivity index (χ2n) is 13.9. The van der Waals surface area contributed by atoms with Crippen LogP contribution in [0, 0.1) is 0 Å². The van der Waals surface area contributed by atoms with Crippen LogP contribution in [-0.2, 0) is 0 Å². The van der Waals surface area contributed by atoms with Gasteiger partial charge in [-0.25, -0.2) is 4.98 Å². The highest BCUT2D eigenvalue weighted by molar-refractivity contribution is 6.23. The minimum atomic E-state index is 0.620. The van der Waals surface area contributed by atoms with Crippen LogP contribution in [-0.4, -0.2) is 4.98 Å². The highest BCUT2D eigenvalue weighted by atomic mass is 16.3. The van der Waals surface area contributed by atoms with E-state index in [-0.39, 0.29) is 0 Å². The van der Waals surface area contributed by atoms with Crippen LogP contribution in [0.15, 0.2) is 199 Å². The van der Waals surface area contributed by atoms with E-state index in [2.05, 4.69) is 169 Å². The van der Waals surface area contributed by atoms with Crippen LogP contribution in [0.3, 0.4) is 0 Å². The molecule has 0 amide bonds. The Morgan fingerprint density at radius 2 is 0.981 bits per heavy atom. The zero-order chi connectivity index (χ0) is 35.6. The molecule has 3 nitrogen and oxygen atoms in total. The summed E-state index contributed by atoms with van der Waals surface area (Å²) in [6.45, 7) is 0. The van der Waals surface area contributed by atoms with Gasteiger partial charge >= 0.3 is 0 Å². The predicted octanol–water partition coefficient (Wildman–Crippen LogP) is 14.4. The number of fused-ring (bicyclic) bond motifs is 9. The summed E-state index contributed by atoms with van der Waals surface area (Å²) in [5.74, 6) is 0.620. The third-order valence-electron chi connectivity index (χ3n) is 10.8. The number of oxazole rings is 1. The van der Waals surface area contributed by atoms with Crippen molar-refractivity contribution in [3.05, 3.63) is 194 Å². The standard InChI is InChI=1S/C51H32N2O/c1-3-14-36(15-4-1)51-52-48-29-25-37-30-46(43-21-11-16-33-12-7-9-19-41(33)43)44-28-27-40(32-47(44)49(37)50(48)54-51)53(38-17-5-2-6-18-38)39-26-24-35-23-22-34-13-8-10-20-42(34)45(35)31-39/h1-32H. The maximum atomic E-state index is 6.73. The Kier molecular flexibility index (Phi) is 6.86. The van der Waals surface area contributed by atoms with Crippen LogP contribution in [0.4, 0.5) is 17.1 Å². The van der Waals surface area contributed by atoms with E-state index in [1.54, 1.807) is 0 Å². The molecule has 0 saturated carbocycles. The number of rotatable bonds is 5. The third kappa shape index (κ3) is 4.87. The molecule has 0 aliphatic rings. The summed E-state index contributed by atoms with van der Waals surface area (Å²) in [4.78, 5) is 7.36. The summed E-state index contributed by atoms with van der Waals surface area (Å²) in [6.07, 6.45) is 0. The molecule has 1 aromatic heterocycles. The van der Waals surface area contributed by atoms with Gasteiger partial charge in [0.2, 0.25) is 5.89 Å². The molecule has 0 radical (unpaired) electrons. The minimum Gasteiger partial charge on any atom is -0.435 e. The maximum Gasteiger partial charge on any atom is 0.227 e. The van der Waals surface area contributed by atoms with E-state index in [4.69, 9.17) is 9.40 Å². The van der Waals surface area contributed by atoms with E-state index >= 15 is 0 Å². The van der Waals surface area contributed by atoms with E-state index in [9.17, 15) is 0 Å². The predicted molar refractivity (Wildman–Crippen MR) is 227 cm³/mol. The van der Waals surface area contributed by atoms with Gasteiger partial charge in [0.1, 0.15) is 5.52 Å². The lowest BCUT2D eigenvalue weighted by atomic mass is 9.90. The van der Waals surface area contributed by atoms with Gasteiger partial charge < -0.3 is 9.32 Å². The molecule has 0 bridgehead atoms. The minimum absolute atomic E-state index is 0.620. The molecule has 252 valence electrons. The lowest BCUT2D eigenvalue weighted by Gasteiger charge is -2.27. The number of para-hydroxylation sites is 1. The Balaban J connectivity index is 1.22. The molecular weight excluding hydrogens is 657 g/mol. The molecule has 0 aliphatic carbocycles. The van der Waals surface area contributed by atoms with Gasteiger partial charge in [0, 0.05) is 28.0 Å². The maximum absolute atomic E-state index is 6.73. The van der Waals surface area contributed by atoms with Gasteiger partial charge in [-0.1, -0.05) is 133 Å². The van der Waals surface area contributed by atoms with Crippen molar-refractivity contribution >= 4 is 82.0 Å². The Morgan fingerprint density at radius 3 is 1.80 bits per heavy atom. The molecule has 0 saturated heterocycles. The van der Waals surface area contributed by atoms with Crippen molar-refractivity contribution in [2.45, 2.75) is 0 Å². The SMILES string of the molecule is c1ccc(-c2nc3ccc4cc(-c5cccc6ccccc56)c5ccc(N(c6ccccc6)c6ccc7ccc8ccccc8c7c6)cc5c4c3o2)cc1. The molecule has 11 rings (SSSR count). The van der Waals surface area contributed by atoms with Gasteiger partial charge in [0.15, 0.2) is 5.58 Å². The van der Waals surface area contributed by atoms with Crippen molar-refractivity contribution in [1.82, 2.24) is 4.98 Å². The fraction of sp³-hybridized carbons (Fsp3) is 0. The summed E-state index contributed by atoms with van der Waals surface area (Å²) in [5.41, 5.74) is 8.22. The van der Waals surface area contributed by atoms with Gasteiger partial charge in [-0.05, 0) is 120 Å². The average molecular weight is 689 g/mol. The van der Waals surface area contributed by atoms with E-state index in [0.29, 0.717) is 5.89 Å². The highest BCUT2D eigenvalue weighted by Gasteiger charge is 2.20. The first-order valence-electron chi connectivity index (χ1n) is 18.4. The van der Waals surface area contributed by atoms with Crippen LogP contribution in [0.5, 0.6) is 0 Å². The summed E-state index contributed by atoms with van der Waals surface area (Å²) < 4.78 is 6.73. The molecule has 54 heavy (non-hydrogen) atoms. The summed E-state index contributed by atoms with van der Waals surface area (Å²) in [5, 5.41) is 11.8. The normalized spacial score (nSPS) is 11.7. The number of nitrogens with zero attached hydrogens (tertiary/aromatic N) is 2. The van der Waals surface area contributed by atoms with Gasteiger partial charge in [0.05, 0.1) is 0 Å². The van der Waals surface area contributed by atoms with Gasteiger partial charge in [-0.2, -0.15) is 0 Å². The number of anilines is 3. The zero-order valence-corrected chi connectivity index (χ0v) is 29.3. The first-order valence-corrected chi connectivity index (χ1v) is 18.4. The Hall–Kier alpha value is -7.23. The number of benzene rings is 10. The largest absolute Gasteiger partial charge is 0.435 e. The molecule has 10 aromatic carbocycles. The molecule has 0 fully saturated rings. The summed E-state index contributed by atoms with van der Waals surface area (Å²) >= 11 is 0. The van der Waals surface area contributed by atoms with Crippen molar-refractivity contribution in [1.29, 1.82) is 0 Å². The van der Waals surface area contributed by atoms with Crippen LogP contribution >= 0.6 is 0 Å². The van der Waals surface area contributed by atoms with Crippen LogP contribution < -0.4 is 4.90 Å². The fourth-order valence-electron chi connectivity index (χ4n) is 8.29. The van der Waals surface area contributed by atoms with E-state index in [1.807, 2.05) is 30.3 Å². The van der Waals surface area contributed by atoms with Gasteiger partial charge in [-0.3, -0.25) is 0 Å². The van der Waals surface area contributed by atoms with Gasteiger partial charge in [0.25, 0.3) is 0 Å². The second-order valence-corrected chi connectivity index (χ2v) is 13.9. The number of hydrogen-bond donors (Lipinski definition) is 0. The van der Waals surface area contributed by atoms with E-state index < -0.39 is 0 Å². The molecule has 11 aromatic rings. The van der Waals surface area contributed by atoms with Crippen molar-refractivity contribution in [3.63, 3.8) is 0 Å². The first-order chi connectivity index (χ1) is 26.8.